The maximum atomic E-state index is 12.3. The van der Waals surface area contributed by atoms with E-state index in [4.69, 9.17) is 4.74 Å². The minimum Gasteiger partial charge on any atom is -0.465 e. The molecule has 6 heteroatoms. The van der Waals surface area contributed by atoms with E-state index < -0.39 is 0 Å². The number of fused-ring (bicyclic) bond motifs is 1. The number of carbonyl (C=O) groups is 1. The fourth-order valence-corrected chi connectivity index (χ4v) is 3.78. The van der Waals surface area contributed by atoms with Crippen molar-refractivity contribution in [2.24, 2.45) is 7.05 Å². The zero-order chi connectivity index (χ0) is 17.3. The first kappa shape index (κ1) is 16.8. The Kier molecular flexibility index (Phi) is 4.76. The molecule has 0 aliphatic carbocycles. The third kappa shape index (κ3) is 2.75. The number of benzene rings is 1. The SMILES string of the molecule is CCN(c1c(C)c(C(=O)OC)cc2c1cnn2C)C1CCNCC1. The number of nitrogens with one attached hydrogen (secondary N) is 1. The molecule has 1 aliphatic heterocycles. The Hall–Kier alpha value is -2.08. The number of piperidine rings is 1. The fraction of sp³-hybridized carbons (Fsp3) is 0.556. The maximum absolute atomic E-state index is 12.3. The van der Waals surface area contributed by atoms with Gasteiger partial charge in [-0.3, -0.25) is 4.68 Å². The zero-order valence-electron chi connectivity index (χ0n) is 14.9. The highest BCUT2D eigenvalue weighted by atomic mass is 16.5. The molecular formula is C18H26N4O2. The lowest BCUT2D eigenvalue weighted by molar-refractivity contribution is 0.0600. The molecule has 24 heavy (non-hydrogen) atoms. The summed E-state index contributed by atoms with van der Waals surface area (Å²) in [6.07, 6.45) is 4.12. The van der Waals surface area contributed by atoms with Crippen LogP contribution in [0.5, 0.6) is 0 Å². The Morgan fingerprint density at radius 2 is 2.17 bits per heavy atom. The van der Waals surface area contributed by atoms with Crippen LogP contribution < -0.4 is 10.2 Å². The summed E-state index contributed by atoms with van der Waals surface area (Å²) in [6.45, 7) is 7.16. The molecular weight excluding hydrogens is 304 g/mol. The molecule has 0 radical (unpaired) electrons. The average molecular weight is 330 g/mol. The number of aryl methyl sites for hydroxylation is 1. The van der Waals surface area contributed by atoms with E-state index in [0.717, 1.165) is 54.6 Å². The monoisotopic (exact) mass is 330 g/mol. The van der Waals surface area contributed by atoms with Crippen molar-refractivity contribution in [3.8, 4) is 0 Å². The van der Waals surface area contributed by atoms with E-state index in [1.807, 2.05) is 30.9 Å². The van der Waals surface area contributed by atoms with Gasteiger partial charge in [0.1, 0.15) is 0 Å². The number of rotatable bonds is 4. The number of anilines is 1. The summed E-state index contributed by atoms with van der Waals surface area (Å²) < 4.78 is 6.82. The molecule has 0 spiro atoms. The molecule has 2 heterocycles. The lowest BCUT2D eigenvalue weighted by atomic mass is 9.98. The van der Waals surface area contributed by atoms with E-state index >= 15 is 0 Å². The van der Waals surface area contributed by atoms with Gasteiger partial charge in [0, 0.05) is 25.0 Å². The Bertz CT molecular complexity index is 747. The van der Waals surface area contributed by atoms with Gasteiger partial charge in [0.25, 0.3) is 0 Å². The second-order valence-electron chi connectivity index (χ2n) is 6.36. The van der Waals surface area contributed by atoms with E-state index in [0.29, 0.717) is 11.6 Å². The average Bonchev–Trinajstić information content (AvgIpc) is 2.98. The number of esters is 1. The van der Waals surface area contributed by atoms with Gasteiger partial charge >= 0.3 is 5.97 Å². The lowest BCUT2D eigenvalue weighted by Gasteiger charge is -2.37. The van der Waals surface area contributed by atoms with Crippen molar-refractivity contribution in [2.75, 3.05) is 31.6 Å². The van der Waals surface area contributed by atoms with Crippen LogP contribution in [0.1, 0.15) is 35.7 Å². The van der Waals surface area contributed by atoms with Crippen molar-refractivity contribution in [1.29, 1.82) is 0 Å². The first-order chi connectivity index (χ1) is 11.6. The number of nitrogens with zero attached hydrogens (tertiary/aromatic N) is 3. The molecule has 1 aromatic carbocycles. The first-order valence-electron chi connectivity index (χ1n) is 8.59. The van der Waals surface area contributed by atoms with Crippen LogP contribution in [0.4, 0.5) is 5.69 Å². The van der Waals surface area contributed by atoms with E-state index in [2.05, 4.69) is 22.2 Å². The Labute approximate surface area is 142 Å². The van der Waals surface area contributed by atoms with Crippen molar-refractivity contribution >= 4 is 22.6 Å². The third-order valence-corrected chi connectivity index (χ3v) is 5.06. The van der Waals surface area contributed by atoms with Gasteiger partial charge in [-0.2, -0.15) is 5.10 Å². The molecule has 0 amide bonds. The maximum Gasteiger partial charge on any atom is 0.338 e. The van der Waals surface area contributed by atoms with Gasteiger partial charge in [-0.1, -0.05) is 0 Å². The summed E-state index contributed by atoms with van der Waals surface area (Å²) in [7, 11) is 3.34. The predicted molar refractivity (Wildman–Crippen MR) is 95.7 cm³/mol. The summed E-state index contributed by atoms with van der Waals surface area (Å²) >= 11 is 0. The second kappa shape index (κ2) is 6.81. The smallest absolute Gasteiger partial charge is 0.338 e. The topological polar surface area (TPSA) is 59.4 Å². The molecule has 1 N–H and O–H groups in total. The first-order valence-corrected chi connectivity index (χ1v) is 8.59. The summed E-state index contributed by atoms with van der Waals surface area (Å²) in [5, 5.41) is 8.93. The number of hydrogen-bond acceptors (Lipinski definition) is 5. The molecule has 2 aromatic rings. The van der Waals surface area contributed by atoms with E-state index in [9.17, 15) is 4.79 Å². The third-order valence-electron chi connectivity index (χ3n) is 5.06. The highest BCUT2D eigenvalue weighted by molar-refractivity contribution is 6.03. The van der Waals surface area contributed by atoms with Gasteiger partial charge in [0.2, 0.25) is 0 Å². The summed E-state index contributed by atoms with van der Waals surface area (Å²) in [6, 6.07) is 2.37. The minimum absolute atomic E-state index is 0.293. The summed E-state index contributed by atoms with van der Waals surface area (Å²) in [5.74, 6) is -0.293. The zero-order valence-corrected chi connectivity index (χ0v) is 14.9. The fourth-order valence-electron chi connectivity index (χ4n) is 3.78. The number of hydrogen-bond donors (Lipinski definition) is 1. The van der Waals surface area contributed by atoms with Crippen LogP contribution in [0.15, 0.2) is 12.3 Å². The Balaban J connectivity index is 2.20. The van der Waals surface area contributed by atoms with Crippen LogP contribution in [-0.4, -0.2) is 48.5 Å². The van der Waals surface area contributed by atoms with E-state index in [1.54, 1.807) is 0 Å². The molecule has 130 valence electrons. The highest BCUT2D eigenvalue weighted by Crippen LogP contribution is 2.35. The van der Waals surface area contributed by atoms with Gasteiger partial charge in [-0.15, -0.1) is 0 Å². The number of methoxy groups -OCH3 is 1. The van der Waals surface area contributed by atoms with Crippen molar-refractivity contribution < 1.29 is 9.53 Å². The molecule has 6 nitrogen and oxygen atoms in total. The number of aromatic nitrogens is 2. The molecule has 0 atom stereocenters. The molecule has 0 unspecified atom stereocenters. The predicted octanol–water partition coefficient (Wildman–Crippen LogP) is 2.25. The molecule has 1 saturated heterocycles. The van der Waals surface area contributed by atoms with Crippen molar-refractivity contribution in [2.45, 2.75) is 32.7 Å². The largest absolute Gasteiger partial charge is 0.465 e. The minimum atomic E-state index is -0.293. The molecule has 1 aliphatic rings. The van der Waals surface area contributed by atoms with Gasteiger partial charge < -0.3 is 15.0 Å². The van der Waals surface area contributed by atoms with Gasteiger partial charge in [-0.05, 0) is 51.4 Å². The highest BCUT2D eigenvalue weighted by Gasteiger charge is 2.26. The Morgan fingerprint density at radius 1 is 1.46 bits per heavy atom. The van der Waals surface area contributed by atoms with Gasteiger partial charge in [0.05, 0.1) is 30.1 Å². The molecule has 1 aromatic heterocycles. The molecule has 3 rings (SSSR count). The molecule has 0 bridgehead atoms. The van der Waals surface area contributed by atoms with Crippen LogP contribution in [0.25, 0.3) is 10.9 Å². The van der Waals surface area contributed by atoms with Crippen LogP contribution in [0.3, 0.4) is 0 Å². The van der Waals surface area contributed by atoms with Crippen LogP contribution >= 0.6 is 0 Å². The lowest BCUT2D eigenvalue weighted by Crippen LogP contribution is -2.43. The van der Waals surface area contributed by atoms with E-state index in [1.165, 1.54) is 7.11 Å². The Morgan fingerprint density at radius 3 is 2.79 bits per heavy atom. The number of carbonyl (C=O) groups excluding carboxylic acids is 1. The normalized spacial score (nSPS) is 15.7. The van der Waals surface area contributed by atoms with Crippen molar-refractivity contribution in [3.63, 3.8) is 0 Å². The van der Waals surface area contributed by atoms with Crippen LogP contribution in [0, 0.1) is 6.92 Å². The number of ether oxygens (including phenoxy) is 1. The summed E-state index contributed by atoms with van der Waals surface area (Å²) in [5.41, 5.74) is 3.68. The van der Waals surface area contributed by atoms with Gasteiger partial charge in [0.15, 0.2) is 0 Å². The second-order valence-corrected chi connectivity index (χ2v) is 6.36. The molecule has 0 saturated carbocycles. The van der Waals surface area contributed by atoms with Crippen molar-refractivity contribution in [1.82, 2.24) is 15.1 Å². The van der Waals surface area contributed by atoms with Crippen LogP contribution in [-0.2, 0) is 11.8 Å². The quantitative estimate of drug-likeness (QED) is 0.871. The standard InChI is InChI=1S/C18H26N4O2/c1-5-22(13-6-8-19-9-7-13)17-12(2)14(18(23)24-4)10-16-15(17)11-20-21(16)3/h10-11,13,19H,5-9H2,1-4H3. The summed E-state index contributed by atoms with van der Waals surface area (Å²) in [4.78, 5) is 14.7. The van der Waals surface area contributed by atoms with Gasteiger partial charge in [-0.25, -0.2) is 4.79 Å². The van der Waals surface area contributed by atoms with Crippen LogP contribution in [0.2, 0.25) is 0 Å². The molecule has 1 fully saturated rings. The van der Waals surface area contributed by atoms with E-state index in [-0.39, 0.29) is 5.97 Å². The van der Waals surface area contributed by atoms with Crippen molar-refractivity contribution in [3.05, 3.63) is 23.4 Å².